The molecule has 0 unspecified atom stereocenters. The lowest BCUT2D eigenvalue weighted by Crippen LogP contribution is -1.97. The predicted molar refractivity (Wildman–Crippen MR) is 217 cm³/mol. The lowest BCUT2D eigenvalue weighted by molar-refractivity contribution is 0.411. The molecule has 272 valence electrons. The van der Waals surface area contributed by atoms with Gasteiger partial charge in [0.1, 0.15) is 11.3 Å². The summed E-state index contributed by atoms with van der Waals surface area (Å²) >= 11 is 0. The van der Waals surface area contributed by atoms with Crippen LogP contribution in [0.25, 0.3) is 22.1 Å². The molecule has 2 fully saturated rings. The van der Waals surface area contributed by atoms with Crippen LogP contribution >= 0.6 is 0 Å². The van der Waals surface area contributed by atoms with Crippen molar-refractivity contribution < 1.29 is 9.15 Å². The number of benzene rings is 2. The van der Waals surface area contributed by atoms with Crippen LogP contribution in [0.1, 0.15) is 178 Å². The Balaban J connectivity index is 0.000000272. The lowest BCUT2D eigenvalue weighted by atomic mass is 9.91. The largest absolute Gasteiger partial charge is 0.496 e. The Morgan fingerprint density at radius 2 is 1.37 bits per heavy atom. The van der Waals surface area contributed by atoms with Crippen LogP contribution in [-0.2, 0) is 0 Å². The van der Waals surface area contributed by atoms with Crippen LogP contribution in [0.5, 0.6) is 5.75 Å². The second kappa shape index (κ2) is 23.6. The highest BCUT2D eigenvalue weighted by atomic mass is 16.5. The molecule has 0 amide bonds. The molecule has 5 rings (SSSR count). The molecule has 0 radical (unpaired) electrons. The third-order valence-corrected chi connectivity index (χ3v) is 10.2. The number of hydrogen-bond donors (Lipinski definition) is 0. The van der Waals surface area contributed by atoms with E-state index in [-0.39, 0.29) is 0 Å². The quantitative estimate of drug-likeness (QED) is 0.0883. The van der Waals surface area contributed by atoms with Gasteiger partial charge in [0.05, 0.1) is 13.4 Å². The summed E-state index contributed by atoms with van der Waals surface area (Å²) in [6.07, 6.45) is 34.8. The summed E-state index contributed by atoms with van der Waals surface area (Å²) in [4.78, 5) is 0. The molecule has 2 aromatic carbocycles. The van der Waals surface area contributed by atoms with E-state index in [2.05, 4.69) is 84.0 Å². The van der Waals surface area contributed by atoms with E-state index < -0.39 is 0 Å². The molecule has 3 aromatic rings. The summed E-state index contributed by atoms with van der Waals surface area (Å²) in [5.41, 5.74) is 8.77. The van der Waals surface area contributed by atoms with Crippen molar-refractivity contribution in [2.45, 2.75) is 170 Å². The highest BCUT2D eigenvalue weighted by Crippen LogP contribution is 2.45. The molecular formula is C47H72O2. The number of ether oxygens (including phenoxy) is 1. The highest BCUT2D eigenvalue weighted by Gasteiger charge is 2.28. The van der Waals surface area contributed by atoms with Gasteiger partial charge in [-0.25, -0.2) is 0 Å². The number of allylic oxidation sites excluding steroid dienone is 4. The minimum Gasteiger partial charge on any atom is -0.496 e. The van der Waals surface area contributed by atoms with Crippen molar-refractivity contribution >= 4 is 22.1 Å². The van der Waals surface area contributed by atoms with E-state index in [0.717, 1.165) is 35.5 Å². The van der Waals surface area contributed by atoms with Crippen LogP contribution in [0.4, 0.5) is 0 Å². The van der Waals surface area contributed by atoms with Gasteiger partial charge in [0, 0.05) is 5.39 Å². The third kappa shape index (κ3) is 15.4. The first-order valence-corrected chi connectivity index (χ1v) is 20.5. The molecule has 2 nitrogen and oxygen atoms in total. The Kier molecular flexibility index (Phi) is 19.6. The fourth-order valence-corrected chi connectivity index (χ4v) is 6.73. The smallest absolute Gasteiger partial charge is 0.133 e. The van der Waals surface area contributed by atoms with E-state index in [1.807, 2.05) is 6.07 Å². The van der Waals surface area contributed by atoms with Gasteiger partial charge in [-0.3, -0.25) is 0 Å². The summed E-state index contributed by atoms with van der Waals surface area (Å²) in [6, 6.07) is 13.0. The Labute approximate surface area is 302 Å². The van der Waals surface area contributed by atoms with Crippen LogP contribution in [0, 0.1) is 25.7 Å². The van der Waals surface area contributed by atoms with E-state index in [9.17, 15) is 0 Å². The van der Waals surface area contributed by atoms with Crippen molar-refractivity contribution in [2.75, 3.05) is 7.11 Å². The van der Waals surface area contributed by atoms with Crippen molar-refractivity contribution in [3.8, 4) is 5.75 Å². The van der Waals surface area contributed by atoms with Crippen molar-refractivity contribution in [1.29, 1.82) is 0 Å². The monoisotopic (exact) mass is 669 g/mol. The summed E-state index contributed by atoms with van der Waals surface area (Å²) in [7, 11) is 1.76. The number of hydrogen-bond acceptors (Lipinski definition) is 2. The van der Waals surface area contributed by atoms with Gasteiger partial charge < -0.3 is 9.15 Å². The Bertz CT molecular complexity index is 1380. The molecule has 2 aliphatic rings. The van der Waals surface area contributed by atoms with Crippen LogP contribution in [0.2, 0.25) is 0 Å². The van der Waals surface area contributed by atoms with E-state index >= 15 is 0 Å². The van der Waals surface area contributed by atoms with Crippen molar-refractivity contribution in [3.05, 3.63) is 77.1 Å². The predicted octanol–water partition coefficient (Wildman–Crippen LogP) is 15.6. The molecule has 2 saturated carbocycles. The van der Waals surface area contributed by atoms with Gasteiger partial charge in [-0.1, -0.05) is 161 Å². The van der Waals surface area contributed by atoms with Crippen LogP contribution in [0.15, 0.2) is 59.2 Å². The summed E-state index contributed by atoms with van der Waals surface area (Å²) in [5.74, 6) is 2.76. The van der Waals surface area contributed by atoms with E-state index in [1.165, 1.54) is 149 Å². The molecule has 0 saturated heterocycles. The number of methoxy groups -OCH3 is 1. The zero-order valence-corrected chi connectivity index (χ0v) is 32.8. The number of unbranched alkanes of at least 4 members (excludes halogenated alkanes) is 12. The molecular weight excluding hydrogens is 597 g/mol. The Morgan fingerprint density at radius 3 is 1.94 bits per heavy atom. The molecule has 0 N–H and O–H groups in total. The maximum absolute atomic E-state index is 5.63. The molecule has 1 aromatic heterocycles. The zero-order chi connectivity index (χ0) is 35.3. The molecule has 49 heavy (non-hydrogen) atoms. The van der Waals surface area contributed by atoms with E-state index in [1.54, 1.807) is 13.4 Å². The first-order chi connectivity index (χ1) is 23.9. The van der Waals surface area contributed by atoms with Gasteiger partial charge in [-0.05, 0) is 103 Å². The minimum absolute atomic E-state index is 0.642. The molecule has 0 spiro atoms. The summed E-state index contributed by atoms with van der Waals surface area (Å²) in [6.45, 7) is 13.3. The summed E-state index contributed by atoms with van der Waals surface area (Å²) < 4.78 is 11.2. The second-order valence-corrected chi connectivity index (χ2v) is 14.9. The number of fused-ring (bicyclic) bond motifs is 1. The molecule has 0 aliphatic heterocycles. The van der Waals surface area contributed by atoms with E-state index in [0.29, 0.717) is 5.92 Å². The average molecular weight is 669 g/mol. The third-order valence-electron chi connectivity index (χ3n) is 10.2. The number of aryl methyl sites for hydroxylation is 2. The van der Waals surface area contributed by atoms with Gasteiger partial charge in [0.15, 0.2) is 0 Å². The first kappa shape index (κ1) is 40.7. The van der Waals surface area contributed by atoms with Gasteiger partial charge >= 0.3 is 0 Å². The van der Waals surface area contributed by atoms with Crippen LogP contribution in [-0.4, -0.2) is 7.11 Å². The number of rotatable bonds is 20. The van der Waals surface area contributed by atoms with Crippen LogP contribution < -0.4 is 4.74 Å². The molecule has 2 heteroatoms. The second-order valence-electron chi connectivity index (χ2n) is 14.9. The topological polar surface area (TPSA) is 22.4 Å². The van der Waals surface area contributed by atoms with Gasteiger partial charge in [0.25, 0.3) is 0 Å². The average Bonchev–Trinajstić information content (AvgIpc) is 4.05. The van der Waals surface area contributed by atoms with Crippen molar-refractivity contribution in [2.24, 2.45) is 11.8 Å². The van der Waals surface area contributed by atoms with Gasteiger partial charge in [-0.15, -0.1) is 0 Å². The van der Waals surface area contributed by atoms with Crippen LogP contribution in [0.3, 0.4) is 0 Å². The minimum atomic E-state index is 0.642. The van der Waals surface area contributed by atoms with Crippen molar-refractivity contribution in [1.82, 2.24) is 0 Å². The van der Waals surface area contributed by atoms with Gasteiger partial charge in [-0.2, -0.15) is 0 Å². The molecule has 0 atom stereocenters. The lowest BCUT2D eigenvalue weighted by Gasteiger charge is -2.16. The SMILES string of the molecule is CCC/C=C(/C=C(\c1cc(OC)c(C)cc1C)C1CC1)c1ccc2occc2c1.CCCCC.CCCCCCCCCCCCC1CC1. The first-order valence-electron chi connectivity index (χ1n) is 20.5. The fraction of sp³-hybridized carbons (Fsp3) is 0.617. The zero-order valence-electron chi connectivity index (χ0n) is 32.8. The molecule has 1 heterocycles. The fourth-order valence-electron chi connectivity index (χ4n) is 6.73. The maximum Gasteiger partial charge on any atom is 0.133 e. The molecule has 0 bridgehead atoms. The van der Waals surface area contributed by atoms with E-state index in [4.69, 9.17) is 9.15 Å². The normalized spacial score (nSPS) is 14.7. The van der Waals surface area contributed by atoms with Crippen molar-refractivity contribution in [3.63, 3.8) is 0 Å². The molecule has 2 aliphatic carbocycles. The Hall–Kier alpha value is -2.74. The van der Waals surface area contributed by atoms with Gasteiger partial charge in [0.2, 0.25) is 0 Å². The standard InChI is InChI=1S/C27H30O2.C15H30.C5H12/c1-5-6-7-21(22-10-11-26-23(15-22)12-13-29-26)16-25(20-8-9-20)24-17-27(28-4)19(3)14-18(24)2;1-2-3-4-5-6-7-8-9-10-11-12-15-13-14-15;1-3-5-4-2/h7,10-17,20H,5-6,8-9H2,1-4H3;15H,2-14H2,1H3;3-5H2,1-2H3/b21-7-,25-16-;;. The Morgan fingerprint density at radius 1 is 0.714 bits per heavy atom. The number of furan rings is 1. The maximum atomic E-state index is 5.63. The highest BCUT2D eigenvalue weighted by molar-refractivity contribution is 5.90. The summed E-state index contributed by atoms with van der Waals surface area (Å²) in [5, 5.41) is 1.15.